The summed E-state index contributed by atoms with van der Waals surface area (Å²) in [6.07, 6.45) is 1.64. The lowest BCUT2D eigenvalue weighted by Gasteiger charge is -2.30. The quantitative estimate of drug-likeness (QED) is 0.859. The van der Waals surface area contributed by atoms with Gasteiger partial charge in [0.2, 0.25) is 0 Å². The number of aromatic carboxylic acids is 1. The molecule has 3 N–H and O–H groups in total. The molecule has 1 fully saturated rings. The van der Waals surface area contributed by atoms with Gasteiger partial charge >= 0.3 is 5.97 Å². The zero-order valence-corrected chi connectivity index (χ0v) is 11.2. The lowest BCUT2D eigenvalue weighted by molar-refractivity contribution is 0.0689. The first-order valence-electron chi connectivity index (χ1n) is 5.96. The van der Waals surface area contributed by atoms with Crippen molar-refractivity contribution in [2.75, 3.05) is 13.1 Å². The number of nitrogens with zero attached hydrogens (tertiary/aromatic N) is 1. The Morgan fingerprint density at radius 3 is 2.05 bits per heavy atom. The number of likely N-dealkylation sites (tertiary alicyclic amines) is 1. The minimum absolute atomic E-state index is 0. The molecule has 0 atom stereocenters. The molecule has 0 radical (unpaired) electrons. The lowest BCUT2D eigenvalue weighted by Crippen LogP contribution is -2.42. The Morgan fingerprint density at radius 1 is 1.11 bits per heavy atom. The number of hydrogen-bond acceptors (Lipinski definition) is 3. The highest BCUT2D eigenvalue weighted by Gasteiger charge is 2.21. The third kappa shape index (κ3) is 3.68. The predicted octanol–water partition coefficient (Wildman–Crippen LogP) is 1.37. The molecule has 0 aromatic heterocycles. The van der Waals surface area contributed by atoms with E-state index in [4.69, 9.17) is 10.8 Å². The molecule has 1 aromatic rings. The minimum atomic E-state index is -0.988. The van der Waals surface area contributed by atoms with E-state index < -0.39 is 5.97 Å². The van der Waals surface area contributed by atoms with Crippen molar-refractivity contribution in [3.8, 4) is 0 Å². The number of benzene rings is 1. The molecule has 5 nitrogen and oxygen atoms in total. The Morgan fingerprint density at radius 2 is 1.58 bits per heavy atom. The highest BCUT2D eigenvalue weighted by molar-refractivity contribution is 5.95. The molecular weight excluding hydrogens is 268 g/mol. The van der Waals surface area contributed by atoms with Crippen LogP contribution in [-0.2, 0) is 0 Å². The van der Waals surface area contributed by atoms with Gasteiger partial charge < -0.3 is 15.7 Å². The van der Waals surface area contributed by atoms with E-state index >= 15 is 0 Å². The topological polar surface area (TPSA) is 83.6 Å². The number of piperidine rings is 1. The Kier molecular flexibility index (Phi) is 5.32. The molecule has 1 aliphatic heterocycles. The molecule has 0 bridgehead atoms. The summed E-state index contributed by atoms with van der Waals surface area (Å²) in [5.41, 5.74) is 6.50. The van der Waals surface area contributed by atoms with Crippen LogP contribution >= 0.6 is 12.4 Å². The van der Waals surface area contributed by atoms with Gasteiger partial charge in [-0.3, -0.25) is 4.79 Å². The van der Waals surface area contributed by atoms with Crippen molar-refractivity contribution in [2.45, 2.75) is 18.9 Å². The van der Waals surface area contributed by atoms with Crippen LogP contribution in [0.4, 0.5) is 0 Å². The molecule has 0 saturated carbocycles. The number of carboxylic acid groups (broad SMARTS) is 1. The van der Waals surface area contributed by atoms with Crippen LogP contribution in [0.25, 0.3) is 0 Å². The van der Waals surface area contributed by atoms with Crippen molar-refractivity contribution in [2.24, 2.45) is 5.73 Å². The number of carbonyl (C=O) groups is 2. The standard InChI is InChI=1S/C13H16N2O3.ClH/c14-11-5-7-15(8-6-11)12(16)9-1-3-10(4-2-9)13(17)18;/h1-4,11H,5-8,14H2,(H,17,18);1H. The normalized spacial score (nSPS) is 15.7. The van der Waals surface area contributed by atoms with Gasteiger partial charge in [-0.1, -0.05) is 0 Å². The molecule has 1 aliphatic rings. The average molecular weight is 285 g/mol. The largest absolute Gasteiger partial charge is 0.478 e. The van der Waals surface area contributed by atoms with E-state index in [1.165, 1.54) is 12.1 Å². The minimum Gasteiger partial charge on any atom is -0.478 e. The average Bonchev–Trinajstić information content (AvgIpc) is 2.39. The highest BCUT2D eigenvalue weighted by atomic mass is 35.5. The summed E-state index contributed by atoms with van der Waals surface area (Å²) in [6.45, 7) is 1.33. The number of rotatable bonds is 2. The zero-order chi connectivity index (χ0) is 13.1. The van der Waals surface area contributed by atoms with E-state index in [0.29, 0.717) is 18.7 Å². The highest BCUT2D eigenvalue weighted by Crippen LogP contribution is 2.13. The number of carbonyl (C=O) groups excluding carboxylic acids is 1. The van der Waals surface area contributed by atoms with Crippen LogP contribution in [0.3, 0.4) is 0 Å². The second-order valence-corrected chi connectivity index (χ2v) is 4.51. The van der Waals surface area contributed by atoms with Crippen molar-refractivity contribution in [3.05, 3.63) is 35.4 Å². The summed E-state index contributed by atoms with van der Waals surface area (Å²) in [5, 5.41) is 8.78. The van der Waals surface area contributed by atoms with Crippen LogP contribution in [0.5, 0.6) is 0 Å². The Labute approximate surface area is 117 Å². The van der Waals surface area contributed by atoms with Crippen molar-refractivity contribution in [3.63, 3.8) is 0 Å². The first-order chi connectivity index (χ1) is 8.58. The molecule has 0 unspecified atom stereocenters. The maximum absolute atomic E-state index is 12.1. The van der Waals surface area contributed by atoms with Crippen molar-refractivity contribution >= 4 is 24.3 Å². The van der Waals surface area contributed by atoms with Crippen LogP contribution in [0.2, 0.25) is 0 Å². The van der Waals surface area contributed by atoms with Gasteiger partial charge in [0.1, 0.15) is 0 Å². The van der Waals surface area contributed by atoms with Crippen molar-refractivity contribution in [1.29, 1.82) is 0 Å². The molecule has 0 spiro atoms. The Bertz CT molecular complexity index is 453. The fourth-order valence-corrected chi connectivity index (χ4v) is 2.04. The molecule has 0 aliphatic carbocycles. The molecule has 104 valence electrons. The monoisotopic (exact) mass is 284 g/mol. The summed E-state index contributed by atoms with van der Waals surface area (Å²) < 4.78 is 0. The molecule has 1 aromatic carbocycles. The molecule has 6 heteroatoms. The van der Waals surface area contributed by atoms with Crippen LogP contribution in [0, 0.1) is 0 Å². The predicted molar refractivity (Wildman–Crippen MR) is 73.8 cm³/mol. The third-order valence-corrected chi connectivity index (χ3v) is 3.21. The van der Waals surface area contributed by atoms with E-state index in [-0.39, 0.29) is 29.9 Å². The number of nitrogens with two attached hydrogens (primary N) is 1. The number of carboxylic acids is 1. The van der Waals surface area contributed by atoms with Gasteiger partial charge in [-0.2, -0.15) is 0 Å². The van der Waals surface area contributed by atoms with Gasteiger partial charge in [-0.05, 0) is 37.1 Å². The molecule has 2 rings (SSSR count). The number of hydrogen-bond donors (Lipinski definition) is 2. The third-order valence-electron chi connectivity index (χ3n) is 3.21. The first kappa shape index (κ1) is 15.5. The van der Waals surface area contributed by atoms with E-state index in [1.807, 2.05) is 0 Å². The van der Waals surface area contributed by atoms with Crippen molar-refractivity contribution in [1.82, 2.24) is 4.90 Å². The smallest absolute Gasteiger partial charge is 0.335 e. The van der Waals surface area contributed by atoms with Crippen LogP contribution in [-0.4, -0.2) is 41.0 Å². The summed E-state index contributed by atoms with van der Waals surface area (Å²) in [4.78, 5) is 24.6. The summed E-state index contributed by atoms with van der Waals surface area (Å²) in [6, 6.07) is 6.19. The molecule has 1 saturated heterocycles. The second kappa shape index (κ2) is 6.54. The summed E-state index contributed by atoms with van der Waals surface area (Å²) in [7, 11) is 0. The van der Waals surface area contributed by atoms with Gasteiger partial charge in [-0.25, -0.2) is 4.79 Å². The van der Waals surface area contributed by atoms with Gasteiger partial charge in [0, 0.05) is 24.7 Å². The molecule has 1 amide bonds. The molecular formula is C13H17ClN2O3. The van der Waals surface area contributed by atoms with Crippen LogP contribution in [0.15, 0.2) is 24.3 Å². The summed E-state index contributed by atoms with van der Waals surface area (Å²) >= 11 is 0. The Balaban J connectivity index is 0.00000180. The summed E-state index contributed by atoms with van der Waals surface area (Å²) in [5.74, 6) is -1.04. The van der Waals surface area contributed by atoms with E-state index in [9.17, 15) is 9.59 Å². The fourth-order valence-electron chi connectivity index (χ4n) is 2.04. The zero-order valence-electron chi connectivity index (χ0n) is 10.4. The van der Waals surface area contributed by atoms with Crippen molar-refractivity contribution < 1.29 is 14.7 Å². The lowest BCUT2D eigenvalue weighted by atomic mass is 10.0. The molecule has 1 heterocycles. The Hall–Kier alpha value is -1.59. The number of amides is 1. The molecule has 19 heavy (non-hydrogen) atoms. The van der Waals surface area contributed by atoms with E-state index in [1.54, 1.807) is 17.0 Å². The van der Waals surface area contributed by atoms with Gasteiger partial charge in [0.25, 0.3) is 5.91 Å². The number of halogens is 1. The second-order valence-electron chi connectivity index (χ2n) is 4.51. The van der Waals surface area contributed by atoms with Gasteiger partial charge in [0.15, 0.2) is 0 Å². The van der Waals surface area contributed by atoms with Crippen LogP contribution in [0.1, 0.15) is 33.6 Å². The van der Waals surface area contributed by atoms with Crippen LogP contribution < -0.4 is 5.73 Å². The fraction of sp³-hybridized carbons (Fsp3) is 0.385. The first-order valence-corrected chi connectivity index (χ1v) is 5.96. The van der Waals surface area contributed by atoms with E-state index in [0.717, 1.165) is 12.8 Å². The van der Waals surface area contributed by atoms with Gasteiger partial charge in [0.05, 0.1) is 5.56 Å². The van der Waals surface area contributed by atoms with Gasteiger partial charge in [-0.15, -0.1) is 12.4 Å². The van der Waals surface area contributed by atoms with E-state index in [2.05, 4.69) is 0 Å². The maximum Gasteiger partial charge on any atom is 0.335 e. The SMILES string of the molecule is Cl.NC1CCN(C(=O)c2ccc(C(=O)O)cc2)CC1. The maximum atomic E-state index is 12.1.